The third-order valence-corrected chi connectivity index (χ3v) is 5.07. The molecule has 17 heavy (non-hydrogen) atoms. The molecule has 0 aromatic rings. The molecular formula is C13H18F2O2. The lowest BCUT2D eigenvalue weighted by Crippen LogP contribution is -2.49. The summed E-state index contributed by atoms with van der Waals surface area (Å²) in [4.78, 5) is 10.6. The van der Waals surface area contributed by atoms with Crippen molar-refractivity contribution in [1.29, 1.82) is 0 Å². The predicted octanol–water partition coefficient (Wildman–Crippen LogP) is 3.31. The van der Waals surface area contributed by atoms with Gasteiger partial charge in [0, 0.05) is 6.42 Å². The molecule has 0 aliphatic heterocycles. The van der Waals surface area contributed by atoms with Crippen LogP contribution in [0.1, 0.15) is 44.9 Å². The van der Waals surface area contributed by atoms with Crippen molar-refractivity contribution in [3.8, 4) is 0 Å². The van der Waals surface area contributed by atoms with E-state index < -0.39 is 18.3 Å². The molecule has 0 atom stereocenters. The van der Waals surface area contributed by atoms with Gasteiger partial charge in [0.05, 0.1) is 0 Å². The molecule has 4 aliphatic rings. The van der Waals surface area contributed by atoms with E-state index in [0.717, 1.165) is 19.3 Å². The molecule has 1 N–H and O–H groups in total. The first kappa shape index (κ1) is 11.4. The fourth-order valence-corrected chi connectivity index (χ4v) is 5.05. The fourth-order valence-electron chi connectivity index (χ4n) is 5.05. The van der Waals surface area contributed by atoms with E-state index in [4.69, 9.17) is 5.11 Å². The molecule has 0 aromatic heterocycles. The first-order valence-electron chi connectivity index (χ1n) is 6.50. The number of alkyl halides is 2. The van der Waals surface area contributed by atoms with Gasteiger partial charge in [-0.2, -0.15) is 8.78 Å². The quantitative estimate of drug-likeness (QED) is 0.827. The van der Waals surface area contributed by atoms with Crippen LogP contribution in [-0.4, -0.2) is 17.0 Å². The van der Waals surface area contributed by atoms with E-state index in [0.29, 0.717) is 17.8 Å². The number of hydrogen-bond acceptors (Lipinski definition) is 1. The SMILES string of the molecule is O=C(O)C(F)(F)CC12CC3CC(CC(C3)C1)C2. The molecule has 4 aliphatic carbocycles. The Morgan fingerprint density at radius 3 is 1.88 bits per heavy atom. The van der Waals surface area contributed by atoms with Crippen molar-refractivity contribution in [2.24, 2.45) is 23.2 Å². The van der Waals surface area contributed by atoms with Gasteiger partial charge in [0.25, 0.3) is 0 Å². The molecule has 0 radical (unpaired) electrons. The second kappa shape index (κ2) is 3.42. The maximum absolute atomic E-state index is 13.5. The average molecular weight is 244 g/mol. The summed E-state index contributed by atoms with van der Waals surface area (Å²) in [5.41, 5.74) is -0.364. The zero-order valence-corrected chi connectivity index (χ0v) is 9.79. The van der Waals surface area contributed by atoms with Crippen LogP contribution in [-0.2, 0) is 4.79 Å². The lowest BCUT2D eigenvalue weighted by atomic mass is 9.48. The van der Waals surface area contributed by atoms with Crippen LogP contribution < -0.4 is 0 Å². The second-order valence-electron chi connectivity index (χ2n) is 6.60. The molecule has 0 saturated heterocycles. The van der Waals surface area contributed by atoms with E-state index in [1.165, 1.54) is 19.3 Å². The second-order valence-corrected chi connectivity index (χ2v) is 6.60. The summed E-state index contributed by atoms with van der Waals surface area (Å²) in [5, 5.41) is 8.59. The third kappa shape index (κ3) is 1.85. The molecule has 0 aromatic carbocycles. The highest BCUT2D eigenvalue weighted by atomic mass is 19.3. The van der Waals surface area contributed by atoms with Crippen LogP contribution in [0.4, 0.5) is 8.78 Å². The molecule has 4 saturated carbocycles. The van der Waals surface area contributed by atoms with Crippen molar-refractivity contribution in [2.45, 2.75) is 50.9 Å². The minimum atomic E-state index is -3.54. The highest BCUT2D eigenvalue weighted by Gasteiger charge is 2.56. The van der Waals surface area contributed by atoms with Crippen molar-refractivity contribution in [3.05, 3.63) is 0 Å². The number of hydrogen-bond donors (Lipinski definition) is 1. The van der Waals surface area contributed by atoms with Crippen LogP contribution in [0.15, 0.2) is 0 Å². The summed E-state index contributed by atoms with van der Waals surface area (Å²) in [6.07, 6.45) is 5.65. The summed E-state index contributed by atoms with van der Waals surface area (Å²) < 4.78 is 26.9. The minimum Gasteiger partial charge on any atom is -0.477 e. The zero-order valence-electron chi connectivity index (χ0n) is 9.79. The molecule has 0 unspecified atom stereocenters. The van der Waals surface area contributed by atoms with Gasteiger partial charge in [0.2, 0.25) is 0 Å². The Bertz CT molecular complexity index is 316. The normalized spacial score (nSPS) is 44.0. The smallest absolute Gasteiger partial charge is 0.374 e. The fraction of sp³-hybridized carbons (Fsp3) is 0.923. The van der Waals surface area contributed by atoms with Crippen molar-refractivity contribution in [2.75, 3.05) is 0 Å². The number of rotatable bonds is 3. The van der Waals surface area contributed by atoms with Crippen molar-refractivity contribution < 1.29 is 18.7 Å². The highest BCUT2D eigenvalue weighted by Crippen LogP contribution is 2.62. The third-order valence-electron chi connectivity index (χ3n) is 5.07. The number of aliphatic carboxylic acids is 1. The van der Waals surface area contributed by atoms with Crippen LogP contribution in [0.3, 0.4) is 0 Å². The van der Waals surface area contributed by atoms with Gasteiger partial charge in [0.15, 0.2) is 0 Å². The van der Waals surface area contributed by atoms with E-state index in [1.807, 2.05) is 0 Å². The van der Waals surface area contributed by atoms with Crippen LogP contribution in [0.2, 0.25) is 0 Å². The summed E-state index contributed by atoms with van der Waals surface area (Å²) >= 11 is 0. The van der Waals surface area contributed by atoms with Gasteiger partial charge < -0.3 is 5.11 Å². The largest absolute Gasteiger partial charge is 0.477 e. The number of halogens is 2. The molecule has 4 rings (SSSR count). The predicted molar refractivity (Wildman–Crippen MR) is 57.8 cm³/mol. The average Bonchev–Trinajstić information content (AvgIpc) is 2.12. The van der Waals surface area contributed by atoms with E-state index in [9.17, 15) is 13.6 Å². The molecule has 4 heteroatoms. The van der Waals surface area contributed by atoms with E-state index in [-0.39, 0.29) is 5.41 Å². The molecule has 0 heterocycles. The summed E-state index contributed by atoms with van der Waals surface area (Å²) in [6, 6.07) is 0. The Kier molecular flexibility index (Phi) is 2.30. The van der Waals surface area contributed by atoms with Gasteiger partial charge in [-0.3, -0.25) is 0 Å². The Hall–Kier alpha value is -0.670. The maximum Gasteiger partial charge on any atom is 0.374 e. The molecule has 2 nitrogen and oxygen atoms in total. The summed E-state index contributed by atoms with van der Waals surface area (Å²) in [5.74, 6) is -3.72. The first-order valence-corrected chi connectivity index (χ1v) is 6.50. The Morgan fingerprint density at radius 1 is 1.12 bits per heavy atom. The molecule has 0 spiro atoms. The summed E-state index contributed by atoms with van der Waals surface area (Å²) in [6.45, 7) is 0. The van der Waals surface area contributed by atoms with Crippen LogP contribution in [0.25, 0.3) is 0 Å². The van der Waals surface area contributed by atoms with E-state index >= 15 is 0 Å². The lowest BCUT2D eigenvalue weighted by molar-refractivity contribution is -0.177. The molecule has 96 valence electrons. The zero-order chi connectivity index (χ0) is 12.3. The van der Waals surface area contributed by atoms with Crippen molar-refractivity contribution in [1.82, 2.24) is 0 Å². The van der Waals surface area contributed by atoms with Gasteiger partial charge in [-0.15, -0.1) is 0 Å². The van der Waals surface area contributed by atoms with Gasteiger partial charge in [-0.1, -0.05) is 0 Å². The maximum atomic E-state index is 13.5. The van der Waals surface area contributed by atoms with Gasteiger partial charge in [0.1, 0.15) is 0 Å². The lowest BCUT2D eigenvalue weighted by Gasteiger charge is -2.57. The first-order chi connectivity index (χ1) is 7.89. The van der Waals surface area contributed by atoms with Crippen LogP contribution >= 0.6 is 0 Å². The Morgan fingerprint density at radius 2 is 1.53 bits per heavy atom. The van der Waals surface area contributed by atoms with Crippen LogP contribution in [0.5, 0.6) is 0 Å². The molecular weight excluding hydrogens is 226 g/mol. The Labute approximate surface area is 99.4 Å². The number of carboxylic acid groups (broad SMARTS) is 1. The van der Waals surface area contributed by atoms with Gasteiger partial charge in [-0.05, 0) is 61.7 Å². The Balaban J connectivity index is 1.80. The van der Waals surface area contributed by atoms with Crippen molar-refractivity contribution >= 4 is 5.97 Å². The molecule has 0 amide bonds. The standard InChI is InChI=1S/C13H18F2O2/c14-13(15,11(16)17)7-12-4-8-1-9(5-12)3-10(2-8)6-12/h8-10H,1-7H2,(H,16,17). The van der Waals surface area contributed by atoms with Crippen LogP contribution in [0, 0.1) is 23.2 Å². The topological polar surface area (TPSA) is 37.3 Å². The molecule has 4 bridgehead atoms. The van der Waals surface area contributed by atoms with Gasteiger partial charge in [-0.25, -0.2) is 4.79 Å². The highest BCUT2D eigenvalue weighted by molar-refractivity contribution is 5.75. The number of carbonyl (C=O) groups is 1. The van der Waals surface area contributed by atoms with Gasteiger partial charge >= 0.3 is 11.9 Å². The minimum absolute atomic E-state index is 0.364. The monoisotopic (exact) mass is 244 g/mol. The summed E-state index contributed by atoms with van der Waals surface area (Å²) in [7, 11) is 0. The van der Waals surface area contributed by atoms with E-state index in [1.54, 1.807) is 0 Å². The van der Waals surface area contributed by atoms with E-state index in [2.05, 4.69) is 0 Å². The molecule has 4 fully saturated rings. The van der Waals surface area contributed by atoms with Crippen molar-refractivity contribution in [3.63, 3.8) is 0 Å². The number of carboxylic acids is 1.